The molecule has 0 aromatic rings. The summed E-state index contributed by atoms with van der Waals surface area (Å²) in [6.07, 6.45) is 1.74. The second kappa shape index (κ2) is 3.14. The highest BCUT2D eigenvalue weighted by Gasteiger charge is 2.72. The number of fused-ring (bicyclic) bond motifs is 2. The Morgan fingerprint density at radius 3 is 2.72 bits per heavy atom. The Bertz CT molecular complexity index is 528. The summed E-state index contributed by atoms with van der Waals surface area (Å²) < 4.78 is -0.518. The topological polar surface area (TPSA) is 82.3 Å². The van der Waals surface area contributed by atoms with Crippen molar-refractivity contribution >= 4 is 23.6 Å². The first-order valence-electron chi connectivity index (χ1n) is 5.65. The number of carboxylic acid groups (broad SMARTS) is 1. The molecular weight excluding hydrogens is 254 g/mol. The van der Waals surface area contributed by atoms with Gasteiger partial charge in [-0.15, -0.1) is 11.8 Å². The molecule has 96 valence electrons. The van der Waals surface area contributed by atoms with E-state index in [1.807, 2.05) is 13.8 Å². The molecule has 2 fully saturated rings. The van der Waals surface area contributed by atoms with Crippen LogP contribution in [0.15, 0.2) is 22.0 Å². The highest BCUT2D eigenvalue weighted by molar-refractivity contribution is 8.01. The van der Waals surface area contributed by atoms with Crippen molar-refractivity contribution in [2.75, 3.05) is 0 Å². The van der Waals surface area contributed by atoms with Gasteiger partial charge in [0.05, 0.1) is 5.70 Å². The number of azo groups is 1. The van der Waals surface area contributed by atoms with Crippen LogP contribution >= 0.6 is 11.8 Å². The van der Waals surface area contributed by atoms with Crippen molar-refractivity contribution < 1.29 is 14.7 Å². The molecule has 1 amide bonds. The maximum absolute atomic E-state index is 12.3. The number of carbonyl (C=O) groups excluding carboxylic acids is 1. The Morgan fingerprint density at radius 2 is 2.22 bits per heavy atom. The van der Waals surface area contributed by atoms with Gasteiger partial charge in [0.1, 0.15) is 11.4 Å². The summed E-state index contributed by atoms with van der Waals surface area (Å²) in [7, 11) is 0. The summed E-state index contributed by atoms with van der Waals surface area (Å²) in [5, 5.41) is 17.0. The highest BCUT2D eigenvalue weighted by Crippen LogP contribution is 2.57. The lowest BCUT2D eigenvalue weighted by Gasteiger charge is -2.47. The van der Waals surface area contributed by atoms with Gasteiger partial charge < -0.3 is 10.0 Å². The van der Waals surface area contributed by atoms with Crippen molar-refractivity contribution in [3.8, 4) is 0 Å². The van der Waals surface area contributed by atoms with Gasteiger partial charge in [-0.05, 0) is 26.8 Å². The van der Waals surface area contributed by atoms with E-state index in [2.05, 4.69) is 10.2 Å². The number of hydrogen-bond acceptors (Lipinski definition) is 5. The molecule has 7 heteroatoms. The first-order chi connectivity index (χ1) is 8.29. The number of amides is 1. The highest BCUT2D eigenvalue weighted by atomic mass is 32.2. The molecule has 0 radical (unpaired) electrons. The molecule has 0 aromatic carbocycles. The minimum atomic E-state index is -0.964. The number of allylic oxidation sites excluding steroid dienone is 1. The van der Waals surface area contributed by atoms with Crippen molar-refractivity contribution in [1.29, 1.82) is 0 Å². The number of thioether (sulfide) groups is 1. The number of carboxylic acids is 1. The van der Waals surface area contributed by atoms with Crippen molar-refractivity contribution in [2.24, 2.45) is 10.2 Å². The van der Waals surface area contributed by atoms with Crippen LogP contribution in [0.4, 0.5) is 0 Å². The molecule has 3 rings (SSSR count). The quantitative estimate of drug-likeness (QED) is 0.725. The molecule has 0 aliphatic carbocycles. The van der Waals surface area contributed by atoms with Gasteiger partial charge in [0.25, 0.3) is 5.91 Å². The van der Waals surface area contributed by atoms with E-state index in [-0.39, 0.29) is 11.3 Å². The van der Waals surface area contributed by atoms with E-state index in [1.165, 1.54) is 16.7 Å². The van der Waals surface area contributed by atoms with Crippen LogP contribution in [0.2, 0.25) is 0 Å². The Morgan fingerprint density at radius 1 is 1.56 bits per heavy atom. The molecule has 1 spiro atoms. The zero-order chi connectivity index (χ0) is 13.3. The van der Waals surface area contributed by atoms with Crippen LogP contribution in [0.3, 0.4) is 0 Å². The van der Waals surface area contributed by atoms with Crippen molar-refractivity contribution in [3.63, 3.8) is 0 Å². The number of β-lactam (4-membered cyclic amide) rings is 1. The Hall–Kier alpha value is -1.37. The number of nitrogens with zero attached hydrogens (tertiary/aromatic N) is 3. The lowest BCUT2D eigenvalue weighted by atomic mass is 9.85. The average Bonchev–Trinajstić information content (AvgIpc) is 2.77. The fourth-order valence-electron chi connectivity index (χ4n) is 2.83. The van der Waals surface area contributed by atoms with E-state index in [1.54, 1.807) is 13.0 Å². The Kier molecular flexibility index (Phi) is 2.04. The van der Waals surface area contributed by atoms with Gasteiger partial charge in [-0.1, -0.05) is 0 Å². The summed E-state index contributed by atoms with van der Waals surface area (Å²) >= 11 is 1.48. The Labute approximate surface area is 108 Å². The lowest BCUT2D eigenvalue weighted by Crippen LogP contribution is -2.71. The van der Waals surface area contributed by atoms with Gasteiger partial charge in [-0.2, -0.15) is 10.2 Å². The molecule has 18 heavy (non-hydrogen) atoms. The molecule has 3 aliphatic heterocycles. The summed E-state index contributed by atoms with van der Waals surface area (Å²) in [6.45, 7) is 5.48. The van der Waals surface area contributed by atoms with Crippen molar-refractivity contribution in [2.45, 2.75) is 42.5 Å². The summed E-state index contributed by atoms with van der Waals surface area (Å²) in [4.78, 5) is 25.0. The smallest absolute Gasteiger partial charge is 0.327 e. The summed E-state index contributed by atoms with van der Waals surface area (Å²) in [5.74, 6) is -1.22. The van der Waals surface area contributed by atoms with E-state index in [9.17, 15) is 14.7 Å². The third-order valence-corrected chi connectivity index (χ3v) is 5.23. The first kappa shape index (κ1) is 11.7. The normalized spacial score (nSPS) is 39.8. The van der Waals surface area contributed by atoms with Crippen molar-refractivity contribution in [3.05, 3.63) is 11.8 Å². The van der Waals surface area contributed by atoms with Crippen LogP contribution in [0.5, 0.6) is 0 Å². The van der Waals surface area contributed by atoms with E-state index < -0.39 is 22.3 Å². The molecular formula is C11H13N3O3S. The minimum absolute atomic E-state index is 0.248. The van der Waals surface area contributed by atoms with E-state index in [4.69, 9.17) is 0 Å². The summed E-state index contributed by atoms with van der Waals surface area (Å²) in [6, 6.07) is -0.796. The fourth-order valence-corrected chi connectivity index (χ4v) is 4.48. The van der Waals surface area contributed by atoms with E-state index in [0.717, 1.165) is 0 Å². The van der Waals surface area contributed by atoms with Gasteiger partial charge >= 0.3 is 5.97 Å². The van der Waals surface area contributed by atoms with Gasteiger partial charge in [-0.3, -0.25) is 4.79 Å². The van der Waals surface area contributed by atoms with Gasteiger partial charge in [0.15, 0.2) is 0 Å². The van der Waals surface area contributed by atoms with Crippen LogP contribution in [0.25, 0.3) is 0 Å². The zero-order valence-corrected chi connectivity index (χ0v) is 11.1. The van der Waals surface area contributed by atoms with Crippen LogP contribution < -0.4 is 0 Å². The molecule has 0 bridgehead atoms. The molecule has 6 nitrogen and oxygen atoms in total. The standard InChI is InChI=1S/C11H13N3O3S/c1-5-4-11(13-12-5)8(17)14-6(7(15)16)10(2,3)18-9(11)14/h4,6,9H,1-3H3,(H,15,16)/t6-,9+,11?/m0/s1. The third kappa shape index (κ3) is 1.15. The number of carbonyl (C=O) groups is 2. The lowest BCUT2D eigenvalue weighted by molar-refractivity contribution is -0.162. The zero-order valence-electron chi connectivity index (χ0n) is 10.2. The Balaban J connectivity index is 2.02. The molecule has 1 N–H and O–H groups in total. The second-order valence-electron chi connectivity index (χ2n) is 5.34. The van der Waals surface area contributed by atoms with Gasteiger partial charge in [0.2, 0.25) is 5.54 Å². The maximum atomic E-state index is 12.3. The number of rotatable bonds is 1. The summed E-state index contributed by atoms with van der Waals surface area (Å²) in [5.41, 5.74) is -0.240. The SMILES string of the molecule is CC1=CC2(N=N1)C(=O)N1[C@@H](C(=O)O)C(C)(C)S[C@@H]12. The predicted octanol–water partition coefficient (Wildman–Crippen LogP) is 1.24. The molecule has 0 saturated carbocycles. The molecule has 3 heterocycles. The number of aliphatic carboxylic acids is 1. The molecule has 3 aliphatic rings. The average molecular weight is 267 g/mol. The minimum Gasteiger partial charge on any atom is -0.480 e. The molecule has 1 unspecified atom stereocenters. The van der Waals surface area contributed by atoms with Crippen LogP contribution in [-0.4, -0.2) is 43.6 Å². The molecule has 2 saturated heterocycles. The van der Waals surface area contributed by atoms with Crippen molar-refractivity contribution in [1.82, 2.24) is 4.90 Å². The van der Waals surface area contributed by atoms with E-state index >= 15 is 0 Å². The van der Waals surface area contributed by atoms with Crippen LogP contribution in [0, 0.1) is 0 Å². The fraction of sp³-hybridized carbons (Fsp3) is 0.636. The maximum Gasteiger partial charge on any atom is 0.327 e. The van der Waals surface area contributed by atoms with Crippen LogP contribution in [0.1, 0.15) is 20.8 Å². The molecule has 0 aromatic heterocycles. The largest absolute Gasteiger partial charge is 0.480 e. The monoisotopic (exact) mass is 267 g/mol. The molecule has 3 atom stereocenters. The number of hydrogen-bond donors (Lipinski definition) is 1. The third-order valence-electron chi connectivity index (χ3n) is 3.59. The first-order valence-corrected chi connectivity index (χ1v) is 6.53. The second-order valence-corrected chi connectivity index (χ2v) is 7.07. The predicted molar refractivity (Wildman–Crippen MR) is 65.1 cm³/mol. The van der Waals surface area contributed by atoms with E-state index in [0.29, 0.717) is 5.70 Å². The van der Waals surface area contributed by atoms with Gasteiger partial charge in [0, 0.05) is 4.75 Å². The van der Waals surface area contributed by atoms with Gasteiger partial charge in [-0.25, -0.2) is 4.79 Å². The van der Waals surface area contributed by atoms with Crippen LogP contribution in [-0.2, 0) is 9.59 Å².